The molecule has 0 radical (unpaired) electrons. The topological polar surface area (TPSA) is 169 Å². The molecule has 1 fully saturated rings. The van der Waals surface area contributed by atoms with Gasteiger partial charge in [0.15, 0.2) is 0 Å². The van der Waals surface area contributed by atoms with Crippen LogP contribution < -0.4 is 51.4 Å². The fourth-order valence-corrected chi connectivity index (χ4v) is 2.91. The third-order valence-electron chi connectivity index (χ3n) is 2.65. The van der Waals surface area contributed by atoms with Crippen molar-refractivity contribution in [2.45, 2.75) is 36.3 Å². The van der Waals surface area contributed by atoms with Gasteiger partial charge in [-0.2, -0.15) is 8.42 Å². The van der Waals surface area contributed by atoms with Gasteiger partial charge in [-0.05, 0) is 0 Å². The average Bonchev–Trinajstić information content (AvgIpc) is 2.44. The molecule has 23 heavy (non-hydrogen) atoms. The number of ether oxygens (including phenoxy) is 1. The Morgan fingerprint density at radius 2 is 1.96 bits per heavy atom. The van der Waals surface area contributed by atoms with E-state index in [4.69, 9.17) is 9.84 Å². The minimum atomic E-state index is -5.04. The summed E-state index contributed by atoms with van der Waals surface area (Å²) in [4.78, 5) is 0. The zero-order chi connectivity index (χ0) is 16.9. The maximum absolute atomic E-state index is 10.4. The van der Waals surface area contributed by atoms with Gasteiger partial charge in [-0.15, -0.1) is 6.58 Å². The number of hydrogen-bond acceptors (Lipinski definition) is 11. The third kappa shape index (κ3) is 7.77. The molecule has 4 N–H and O–H groups in total. The van der Waals surface area contributed by atoms with Crippen molar-refractivity contribution in [2.75, 3.05) is 6.61 Å². The van der Waals surface area contributed by atoms with Crippen LogP contribution in [-0.4, -0.2) is 74.9 Å². The molecule has 0 aliphatic carbocycles. The van der Waals surface area contributed by atoms with Gasteiger partial charge in [0.2, 0.25) is 0 Å². The molecule has 0 amide bonds. The molecule has 0 spiro atoms. The molecule has 0 bridgehead atoms. The number of aliphatic hydroxyl groups excluding tert-OH is 4. The molecule has 0 aromatic heterocycles. The fraction of sp³-hybridized carbons (Fsp3) is 0.700. The zero-order valence-corrected chi connectivity index (χ0v) is 16.9. The summed E-state index contributed by atoms with van der Waals surface area (Å²) in [5, 5.41) is 41.2. The first-order valence-corrected chi connectivity index (χ1v) is 8.20. The molecule has 0 saturated carbocycles. The fourth-order valence-electron chi connectivity index (χ4n) is 1.62. The molecular formula is C10H16KNO9S2. The first-order valence-electron chi connectivity index (χ1n) is 5.99. The molecule has 5 atom stereocenters. The first kappa shape index (κ1) is 23.9. The molecule has 0 aromatic carbocycles. The average molecular weight is 397 g/mol. The van der Waals surface area contributed by atoms with Crippen LogP contribution in [0.2, 0.25) is 0 Å². The van der Waals surface area contributed by atoms with Crippen molar-refractivity contribution in [2.24, 2.45) is 5.16 Å². The van der Waals surface area contributed by atoms with Crippen LogP contribution in [-0.2, 0) is 19.4 Å². The molecule has 1 rings (SSSR count). The summed E-state index contributed by atoms with van der Waals surface area (Å²) in [6.45, 7) is 2.80. The number of thioether (sulfide) groups is 1. The van der Waals surface area contributed by atoms with Crippen LogP contribution in [0, 0.1) is 0 Å². The van der Waals surface area contributed by atoms with Gasteiger partial charge in [0.1, 0.15) is 34.9 Å². The van der Waals surface area contributed by atoms with Gasteiger partial charge < -0.3 is 29.7 Å². The van der Waals surface area contributed by atoms with E-state index in [0.717, 1.165) is 0 Å². The van der Waals surface area contributed by atoms with Gasteiger partial charge >= 0.3 is 51.4 Å². The van der Waals surface area contributed by atoms with Gasteiger partial charge in [-0.3, -0.25) is 4.28 Å². The summed E-state index contributed by atoms with van der Waals surface area (Å²) in [5.74, 6) is 0. The van der Waals surface area contributed by atoms with E-state index in [1.807, 2.05) is 0 Å². The molecular weight excluding hydrogens is 381 g/mol. The Morgan fingerprint density at radius 3 is 2.43 bits per heavy atom. The SMILES string of the molecule is C=CC/C(=N/OS(=O)(=O)[O-])S[C@@H]1O[C@H](CO)[C@@H](O)[C@H](O)[C@H]1O.[K+]. The van der Waals surface area contributed by atoms with E-state index in [1.165, 1.54) is 6.08 Å². The molecule has 128 valence electrons. The molecule has 1 aliphatic heterocycles. The molecule has 10 nitrogen and oxygen atoms in total. The summed E-state index contributed by atoms with van der Waals surface area (Å²) in [6.07, 6.45) is -4.44. The third-order valence-corrected chi connectivity index (χ3v) is 4.04. The van der Waals surface area contributed by atoms with Crippen LogP contribution in [0.1, 0.15) is 6.42 Å². The van der Waals surface area contributed by atoms with Gasteiger partial charge in [-0.1, -0.05) is 23.0 Å². The predicted octanol–water partition coefficient (Wildman–Crippen LogP) is -5.11. The standard InChI is InChI=1S/C10H17NO9S2.K/c1-2-3-6(11-20-22(16,17)18)21-10-9(15)8(14)7(13)5(4-12)19-10;/h2,5,7-10,12-15H,1,3-4H2,(H,16,17,18);/q;+1/p-1/b11-6-;/t5-,7-,8+,9-,10+;/m1./s1. The minimum Gasteiger partial charge on any atom is -0.714 e. The van der Waals surface area contributed by atoms with Crippen molar-refractivity contribution >= 4 is 27.2 Å². The summed E-state index contributed by atoms with van der Waals surface area (Å²) < 4.78 is 40.1. The van der Waals surface area contributed by atoms with Crippen molar-refractivity contribution in [1.82, 2.24) is 0 Å². The normalized spacial score (nSPS) is 32.0. The molecule has 1 saturated heterocycles. The Kier molecular flexibility index (Phi) is 11.2. The monoisotopic (exact) mass is 397 g/mol. The summed E-state index contributed by atoms with van der Waals surface area (Å²) >= 11 is 0.660. The van der Waals surface area contributed by atoms with Crippen LogP contribution in [0.15, 0.2) is 17.8 Å². The Balaban J connectivity index is 0.00000484. The minimum absolute atomic E-state index is 0. The van der Waals surface area contributed by atoms with E-state index in [2.05, 4.69) is 16.0 Å². The van der Waals surface area contributed by atoms with Crippen LogP contribution in [0.3, 0.4) is 0 Å². The number of oxime groups is 1. The van der Waals surface area contributed by atoms with E-state index in [1.54, 1.807) is 0 Å². The van der Waals surface area contributed by atoms with Gasteiger partial charge in [-0.25, -0.2) is 0 Å². The Labute approximate surface area is 179 Å². The second-order valence-electron chi connectivity index (χ2n) is 4.28. The van der Waals surface area contributed by atoms with E-state index < -0.39 is 46.9 Å². The van der Waals surface area contributed by atoms with E-state index >= 15 is 0 Å². The largest absolute Gasteiger partial charge is 1.00 e. The number of aliphatic hydroxyl groups is 4. The van der Waals surface area contributed by atoms with E-state index in [-0.39, 0.29) is 62.8 Å². The number of allylic oxidation sites excluding steroid dienone is 1. The number of rotatable bonds is 6. The van der Waals surface area contributed by atoms with Crippen LogP contribution in [0.5, 0.6) is 0 Å². The Bertz CT molecular complexity index is 512. The molecule has 1 aliphatic rings. The van der Waals surface area contributed by atoms with Crippen LogP contribution >= 0.6 is 11.8 Å². The molecule has 13 heteroatoms. The maximum Gasteiger partial charge on any atom is 1.00 e. The van der Waals surface area contributed by atoms with Crippen LogP contribution in [0.4, 0.5) is 0 Å². The Hall–Kier alpha value is 0.906. The maximum atomic E-state index is 10.4. The second kappa shape index (κ2) is 10.8. The van der Waals surface area contributed by atoms with Crippen LogP contribution in [0.25, 0.3) is 0 Å². The molecule has 1 heterocycles. The summed E-state index contributed by atoms with van der Waals surface area (Å²) in [6, 6.07) is 0. The first-order chi connectivity index (χ1) is 10.2. The van der Waals surface area contributed by atoms with E-state index in [0.29, 0.717) is 11.8 Å². The quantitative estimate of drug-likeness (QED) is 0.0647. The van der Waals surface area contributed by atoms with Crippen molar-refractivity contribution in [1.29, 1.82) is 0 Å². The predicted molar refractivity (Wildman–Crippen MR) is 74.4 cm³/mol. The van der Waals surface area contributed by atoms with Gasteiger partial charge in [0.05, 0.1) is 6.61 Å². The number of hydrogen-bond donors (Lipinski definition) is 4. The molecule has 0 aromatic rings. The smallest absolute Gasteiger partial charge is 0.714 e. The second-order valence-corrected chi connectivity index (χ2v) is 6.41. The summed E-state index contributed by atoms with van der Waals surface area (Å²) in [5.41, 5.74) is -1.17. The van der Waals surface area contributed by atoms with Crippen molar-refractivity contribution in [3.63, 3.8) is 0 Å². The van der Waals surface area contributed by atoms with Crippen molar-refractivity contribution < 1.29 is 93.8 Å². The number of nitrogens with zero attached hydrogens (tertiary/aromatic N) is 1. The van der Waals surface area contributed by atoms with E-state index in [9.17, 15) is 28.3 Å². The molecule has 0 unspecified atom stereocenters. The van der Waals surface area contributed by atoms with Crippen molar-refractivity contribution in [3.05, 3.63) is 12.7 Å². The van der Waals surface area contributed by atoms with Gasteiger partial charge in [0.25, 0.3) is 10.4 Å². The zero-order valence-electron chi connectivity index (χ0n) is 12.2. The summed E-state index contributed by atoms with van der Waals surface area (Å²) in [7, 11) is -5.04. The van der Waals surface area contributed by atoms with Gasteiger partial charge in [0, 0.05) is 6.42 Å². The Morgan fingerprint density at radius 1 is 1.35 bits per heavy atom. The van der Waals surface area contributed by atoms with Crippen molar-refractivity contribution in [3.8, 4) is 0 Å².